The van der Waals surface area contributed by atoms with Gasteiger partial charge in [-0.05, 0) is 42.3 Å². The van der Waals surface area contributed by atoms with Crippen molar-refractivity contribution in [2.24, 2.45) is 0 Å². The lowest BCUT2D eigenvalue weighted by Gasteiger charge is -2.19. The van der Waals surface area contributed by atoms with Crippen molar-refractivity contribution in [3.63, 3.8) is 0 Å². The minimum absolute atomic E-state index is 0.0234. The number of nitrogens with zero attached hydrogens (tertiary/aromatic N) is 1. The van der Waals surface area contributed by atoms with Gasteiger partial charge < -0.3 is 9.64 Å². The van der Waals surface area contributed by atoms with Crippen molar-refractivity contribution in [1.82, 2.24) is 4.90 Å². The molecule has 2 aromatic rings. The van der Waals surface area contributed by atoms with Crippen LogP contribution in [0.25, 0.3) is 0 Å². The molecule has 2 rings (SSSR count). The SMILES string of the molecule is CCc1ccc(C(=O)N(C)Cc2cc(Cl)ccc2OC)cc1. The van der Waals surface area contributed by atoms with Crippen LogP contribution in [-0.2, 0) is 13.0 Å². The van der Waals surface area contributed by atoms with Crippen LogP contribution < -0.4 is 4.74 Å². The first-order chi connectivity index (χ1) is 10.5. The van der Waals surface area contributed by atoms with E-state index in [0.717, 1.165) is 17.7 Å². The number of methoxy groups -OCH3 is 1. The predicted octanol–water partition coefficient (Wildman–Crippen LogP) is 4.18. The van der Waals surface area contributed by atoms with Crippen LogP contribution in [0.2, 0.25) is 5.02 Å². The van der Waals surface area contributed by atoms with E-state index in [2.05, 4.69) is 6.92 Å². The van der Waals surface area contributed by atoms with Gasteiger partial charge in [0.15, 0.2) is 0 Å². The highest BCUT2D eigenvalue weighted by Gasteiger charge is 2.14. The summed E-state index contributed by atoms with van der Waals surface area (Å²) in [6.07, 6.45) is 0.962. The molecule has 0 unspecified atom stereocenters. The van der Waals surface area contributed by atoms with E-state index in [9.17, 15) is 4.79 Å². The summed E-state index contributed by atoms with van der Waals surface area (Å²) in [5.41, 5.74) is 2.78. The molecule has 0 N–H and O–H groups in total. The Bertz CT molecular complexity index is 653. The second-order valence-electron chi connectivity index (χ2n) is 5.17. The Hall–Kier alpha value is -2.00. The average molecular weight is 318 g/mol. The van der Waals surface area contributed by atoms with E-state index in [-0.39, 0.29) is 5.91 Å². The average Bonchev–Trinajstić information content (AvgIpc) is 2.54. The van der Waals surface area contributed by atoms with Crippen molar-refractivity contribution < 1.29 is 9.53 Å². The first-order valence-electron chi connectivity index (χ1n) is 7.22. The zero-order valence-corrected chi connectivity index (χ0v) is 13.9. The highest BCUT2D eigenvalue weighted by molar-refractivity contribution is 6.30. The van der Waals surface area contributed by atoms with Gasteiger partial charge in [-0.3, -0.25) is 4.79 Å². The summed E-state index contributed by atoms with van der Waals surface area (Å²) < 4.78 is 5.32. The Morgan fingerprint density at radius 1 is 1.18 bits per heavy atom. The highest BCUT2D eigenvalue weighted by Crippen LogP contribution is 2.24. The number of ether oxygens (including phenoxy) is 1. The molecular formula is C18H20ClNO2. The van der Waals surface area contributed by atoms with Crippen molar-refractivity contribution in [2.45, 2.75) is 19.9 Å². The zero-order valence-electron chi connectivity index (χ0n) is 13.1. The minimum Gasteiger partial charge on any atom is -0.496 e. The molecule has 0 bridgehead atoms. The smallest absolute Gasteiger partial charge is 0.253 e. The Balaban J connectivity index is 2.15. The molecule has 116 valence electrons. The summed E-state index contributed by atoms with van der Waals surface area (Å²) in [5.74, 6) is 0.704. The lowest BCUT2D eigenvalue weighted by atomic mass is 10.1. The molecule has 0 radical (unpaired) electrons. The summed E-state index contributed by atoms with van der Waals surface area (Å²) in [4.78, 5) is 14.1. The van der Waals surface area contributed by atoms with Gasteiger partial charge in [0.05, 0.1) is 7.11 Å². The number of hydrogen-bond acceptors (Lipinski definition) is 2. The Kier molecular flexibility index (Phi) is 5.45. The number of carbonyl (C=O) groups excluding carboxylic acids is 1. The van der Waals surface area contributed by atoms with Gasteiger partial charge in [-0.2, -0.15) is 0 Å². The Morgan fingerprint density at radius 2 is 1.86 bits per heavy atom. The van der Waals surface area contributed by atoms with Gasteiger partial charge in [-0.15, -0.1) is 0 Å². The largest absolute Gasteiger partial charge is 0.496 e. The predicted molar refractivity (Wildman–Crippen MR) is 89.6 cm³/mol. The molecule has 0 saturated carbocycles. The standard InChI is InChI=1S/C18H20ClNO2/c1-4-13-5-7-14(8-6-13)18(21)20(2)12-15-11-16(19)9-10-17(15)22-3/h5-11H,4,12H2,1-3H3. The van der Waals surface area contributed by atoms with Gasteiger partial charge in [0, 0.05) is 29.7 Å². The van der Waals surface area contributed by atoms with E-state index < -0.39 is 0 Å². The van der Waals surface area contributed by atoms with E-state index in [0.29, 0.717) is 17.1 Å². The van der Waals surface area contributed by atoms with Crippen LogP contribution in [-0.4, -0.2) is 25.0 Å². The van der Waals surface area contributed by atoms with Crippen LogP contribution in [0.1, 0.15) is 28.4 Å². The normalized spacial score (nSPS) is 10.4. The van der Waals surface area contributed by atoms with Crippen LogP contribution in [0, 0.1) is 0 Å². The summed E-state index contributed by atoms with van der Waals surface area (Å²) >= 11 is 6.03. The molecule has 0 aliphatic heterocycles. The summed E-state index contributed by atoms with van der Waals surface area (Å²) in [6, 6.07) is 13.1. The van der Waals surface area contributed by atoms with Gasteiger partial charge in [0.25, 0.3) is 5.91 Å². The molecule has 0 aliphatic carbocycles. The van der Waals surface area contributed by atoms with Gasteiger partial charge in [0.2, 0.25) is 0 Å². The van der Waals surface area contributed by atoms with Crippen molar-refractivity contribution in [3.8, 4) is 5.75 Å². The lowest BCUT2D eigenvalue weighted by molar-refractivity contribution is 0.0784. The molecule has 0 aromatic heterocycles. The van der Waals surface area contributed by atoms with Crippen molar-refractivity contribution in [3.05, 3.63) is 64.2 Å². The van der Waals surface area contributed by atoms with Crippen molar-refractivity contribution in [2.75, 3.05) is 14.2 Å². The number of aryl methyl sites for hydroxylation is 1. The first kappa shape index (κ1) is 16.4. The summed E-state index contributed by atoms with van der Waals surface area (Å²) in [7, 11) is 3.38. The third-order valence-electron chi connectivity index (χ3n) is 3.61. The van der Waals surface area contributed by atoms with E-state index in [1.807, 2.05) is 36.4 Å². The van der Waals surface area contributed by atoms with Crippen molar-refractivity contribution >= 4 is 17.5 Å². The molecule has 0 fully saturated rings. The molecule has 0 heterocycles. The topological polar surface area (TPSA) is 29.5 Å². The zero-order chi connectivity index (χ0) is 16.1. The molecular weight excluding hydrogens is 298 g/mol. The maximum atomic E-state index is 12.5. The molecule has 0 aliphatic rings. The molecule has 22 heavy (non-hydrogen) atoms. The third-order valence-corrected chi connectivity index (χ3v) is 3.84. The third kappa shape index (κ3) is 3.80. The van der Waals surface area contributed by atoms with Crippen LogP contribution >= 0.6 is 11.6 Å². The molecule has 3 nitrogen and oxygen atoms in total. The van der Waals surface area contributed by atoms with Crippen LogP contribution in [0.15, 0.2) is 42.5 Å². The second kappa shape index (κ2) is 7.32. The number of halogens is 1. The first-order valence-corrected chi connectivity index (χ1v) is 7.59. The van der Waals surface area contributed by atoms with Crippen LogP contribution in [0.5, 0.6) is 5.75 Å². The Morgan fingerprint density at radius 3 is 2.45 bits per heavy atom. The number of benzene rings is 2. The molecule has 4 heteroatoms. The fourth-order valence-electron chi connectivity index (χ4n) is 2.30. The molecule has 0 saturated heterocycles. The van der Waals surface area contributed by atoms with E-state index >= 15 is 0 Å². The number of carbonyl (C=O) groups is 1. The van der Waals surface area contributed by atoms with Gasteiger partial charge >= 0.3 is 0 Å². The maximum absolute atomic E-state index is 12.5. The summed E-state index contributed by atoms with van der Waals surface area (Å²) in [6.45, 7) is 2.53. The number of rotatable bonds is 5. The monoisotopic (exact) mass is 317 g/mol. The molecule has 0 atom stereocenters. The maximum Gasteiger partial charge on any atom is 0.253 e. The number of hydrogen-bond donors (Lipinski definition) is 0. The molecule has 1 amide bonds. The van der Waals surface area contributed by atoms with Crippen molar-refractivity contribution in [1.29, 1.82) is 0 Å². The Labute approximate surface area is 136 Å². The van der Waals surface area contributed by atoms with E-state index in [4.69, 9.17) is 16.3 Å². The number of amides is 1. The lowest BCUT2D eigenvalue weighted by Crippen LogP contribution is -2.26. The van der Waals surface area contributed by atoms with Crippen LogP contribution in [0.4, 0.5) is 0 Å². The van der Waals surface area contributed by atoms with E-state index in [1.54, 1.807) is 25.1 Å². The summed E-state index contributed by atoms with van der Waals surface area (Å²) in [5, 5.41) is 0.629. The van der Waals surface area contributed by atoms with Gasteiger partial charge in [0.1, 0.15) is 5.75 Å². The molecule has 2 aromatic carbocycles. The molecule has 0 spiro atoms. The van der Waals surface area contributed by atoms with Crippen LogP contribution in [0.3, 0.4) is 0 Å². The van der Waals surface area contributed by atoms with E-state index in [1.165, 1.54) is 5.56 Å². The highest BCUT2D eigenvalue weighted by atomic mass is 35.5. The quantitative estimate of drug-likeness (QED) is 0.827. The second-order valence-corrected chi connectivity index (χ2v) is 5.60. The van der Waals surface area contributed by atoms with Gasteiger partial charge in [-0.1, -0.05) is 30.7 Å². The van der Waals surface area contributed by atoms with Gasteiger partial charge in [-0.25, -0.2) is 0 Å². The fraction of sp³-hybridized carbons (Fsp3) is 0.278. The fourth-order valence-corrected chi connectivity index (χ4v) is 2.50. The minimum atomic E-state index is -0.0234.